The van der Waals surface area contributed by atoms with Crippen LogP contribution < -0.4 is 0 Å². The highest BCUT2D eigenvalue weighted by atomic mass is 16.3. The van der Waals surface area contributed by atoms with E-state index in [4.69, 9.17) is 0 Å². The molecule has 1 N–H and O–H groups in total. The van der Waals surface area contributed by atoms with E-state index < -0.39 is 0 Å². The lowest BCUT2D eigenvalue weighted by Crippen LogP contribution is -2.43. The Labute approximate surface area is 83.5 Å². The summed E-state index contributed by atoms with van der Waals surface area (Å²) in [6.07, 6.45) is 2.52. The molecule has 3 heteroatoms. The number of Topliss-reactive ketones (excluding diaryl/α,β-unsaturated/α-hetero) is 2. The van der Waals surface area contributed by atoms with Gasteiger partial charge in [-0.3, -0.25) is 9.59 Å². The Balaban J connectivity index is 2.30. The molecule has 2 aliphatic rings. The second-order valence-corrected chi connectivity index (χ2v) is 4.74. The number of hydrogen-bond donors (Lipinski definition) is 1. The van der Waals surface area contributed by atoms with Crippen molar-refractivity contribution in [3.63, 3.8) is 0 Å². The maximum Gasteiger partial charge on any atom is 0.139 e. The fourth-order valence-electron chi connectivity index (χ4n) is 3.09. The smallest absolute Gasteiger partial charge is 0.139 e. The van der Waals surface area contributed by atoms with Crippen LogP contribution in [-0.4, -0.2) is 23.3 Å². The minimum atomic E-state index is -0.318. The third kappa shape index (κ3) is 1.15. The predicted molar refractivity (Wildman–Crippen MR) is 50.7 cm³/mol. The molecule has 0 aliphatic heterocycles. The van der Waals surface area contributed by atoms with E-state index in [1.165, 1.54) is 0 Å². The number of aliphatic hydroxyl groups is 1. The molecule has 0 amide bonds. The molecule has 3 nitrogen and oxygen atoms in total. The monoisotopic (exact) mass is 196 g/mol. The molecule has 3 atom stereocenters. The van der Waals surface area contributed by atoms with E-state index in [1.54, 1.807) is 0 Å². The van der Waals surface area contributed by atoms with Gasteiger partial charge in [0.15, 0.2) is 0 Å². The van der Waals surface area contributed by atoms with Crippen LogP contribution in [0.15, 0.2) is 0 Å². The van der Waals surface area contributed by atoms with Crippen molar-refractivity contribution in [2.45, 2.75) is 32.6 Å². The van der Waals surface area contributed by atoms with Crippen LogP contribution in [-0.2, 0) is 9.59 Å². The number of fused-ring (bicyclic) bond motifs is 1. The lowest BCUT2D eigenvalue weighted by molar-refractivity contribution is -0.138. The highest BCUT2D eigenvalue weighted by molar-refractivity contribution is 5.92. The van der Waals surface area contributed by atoms with E-state index in [0.717, 1.165) is 6.42 Å². The number of aliphatic hydroxyl groups excluding tert-OH is 1. The zero-order chi connectivity index (χ0) is 10.3. The first-order valence-electron chi connectivity index (χ1n) is 5.26. The molecule has 2 rings (SSSR count). The van der Waals surface area contributed by atoms with E-state index in [-0.39, 0.29) is 35.4 Å². The Morgan fingerprint density at radius 1 is 1.43 bits per heavy atom. The van der Waals surface area contributed by atoms with Crippen LogP contribution in [0.4, 0.5) is 0 Å². The molecule has 0 heterocycles. The number of hydrogen-bond acceptors (Lipinski definition) is 3. The van der Waals surface area contributed by atoms with Crippen molar-refractivity contribution in [1.82, 2.24) is 0 Å². The molecule has 0 aromatic heterocycles. The van der Waals surface area contributed by atoms with Gasteiger partial charge in [0, 0.05) is 24.2 Å². The second-order valence-electron chi connectivity index (χ2n) is 4.74. The van der Waals surface area contributed by atoms with E-state index in [0.29, 0.717) is 19.3 Å². The molecule has 3 unspecified atom stereocenters. The molecule has 0 aromatic carbocycles. The average molecular weight is 196 g/mol. The van der Waals surface area contributed by atoms with Gasteiger partial charge in [-0.15, -0.1) is 0 Å². The van der Waals surface area contributed by atoms with Crippen molar-refractivity contribution >= 4 is 11.6 Å². The highest BCUT2D eigenvalue weighted by Crippen LogP contribution is 2.50. The normalized spacial score (nSPS) is 42.7. The SMILES string of the molecule is CC12CCC(=O)C(CO)C1CCC2=O. The van der Waals surface area contributed by atoms with Gasteiger partial charge >= 0.3 is 0 Å². The predicted octanol–water partition coefficient (Wildman–Crippen LogP) is 0.943. The quantitative estimate of drug-likeness (QED) is 0.679. The standard InChI is InChI=1S/C11H16O3/c1-11-5-4-9(13)7(6-12)8(11)2-3-10(11)14/h7-8,12H,2-6H2,1H3. The molecule has 0 bridgehead atoms. The molecule has 0 spiro atoms. The molecular formula is C11H16O3. The lowest BCUT2D eigenvalue weighted by atomic mass is 9.64. The molecule has 0 radical (unpaired) electrons. The third-order valence-corrected chi connectivity index (χ3v) is 4.12. The summed E-state index contributed by atoms with van der Waals surface area (Å²) in [5.41, 5.74) is -0.318. The van der Waals surface area contributed by atoms with E-state index in [2.05, 4.69) is 0 Å². The van der Waals surface area contributed by atoms with Crippen LogP contribution >= 0.6 is 0 Å². The van der Waals surface area contributed by atoms with Crippen LogP contribution in [0.1, 0.15) is 32.6 Å². The van der Waals surface area contributed by atoms with Crippen molar-refractivity contribution in [3.05, 3.63) is 0 Å². The number of carbonyl (C=O) groups excluding carboxylic acids is 2. The third-order valence-electron chi connectivity index (χ3n) is 4.12. The van der Waals surface area contributed by atoms with Gasteiger partial charge in [-0.05, 0) is 18.8 Å². The zero-order valence-electron chi connectivity index (χ0n) is 8.45. The van der Waals surface area contributed by atoms with Crippen LogP contribution in [0.25, 0.3) is 0 Å². The van der Waals surface area contributed by atoms with Crippen molar-refractivity contribution in [2.75, 3.05) is 6.61 Å². The van der Waals surface area contributed by atoms with Gasteiger partial charge in [-0.2, -0.15) is 0 Å². The molecule has 14 heavy (non-hydrogen) atoms. The maximum absolute atomic E-state index is 11.7. The Bertz CT molecular complexity index is 284. The minimum absolute atomic E-state index is 0.0909. The van der Waals surface area contributed by atoms with Gasteiger partial charge < -0.3 is 5.11 Å². The summed E-state index contributed by atoms with van der Waals surface area (Å²) in [6, 6.07) is 0. The summed E-state index contributed by atoms with van der Waals surface area (Å²) >= 11 is 0. The number of carbonyl (C=O) groups is 2. The first kappa shape index (κ1) is 9.84. The van der Waals surface area contributed by atoms with Gasteiger partial charge in [0.1, 0.15) is 11.6 Å². The fourth-order valence-corrected chi connectivity index (χ4v) is 3.09. The summed E-state index contributed by atoms with van der Waals surface area (Å²) in [5.74, 6) is 0.250. The molecule has 78 valence electrons. The van der Waals surface area contributed by atoms with Gasteiger partial charge in [0.2, 0.25) is 0 Å². The largest absolute Gasteiger partial charge is 0.396 e. The Morgan fingerprint density at radius 3 is 2.79 bits per heavy atom. The zero-order valence-corrected chi connectivity index (χ0v) is 8.45. The summed E-state index contributed by atoms with van der Waals surface area (Å²) in [4.78, 5) is 23.3. The molecule has 0 saturated heterocycles. The molecular weight excluding hydrogens is 180 g/mol. The highest BCUT2D eigenvalue weighted by Gasteiger charge is 2.53. The maximum atomic E-state index is 11.7. The Kier molecular flexibility index (Phi) is 2.22. The van der Waals surface area contributed by atoms with E-state index >= 15 is 0 Å². The van der Waals surface area contributed by atoms with Crippen LogP contribution in [0.5, 0.6) is 0 Å². The Hall–Kier alpha value is -0.700. The lowest BCUT2D eigenvalue weighted by Gasteiger charge is -2.38. The molecule has 2 saturated carbocycles. The van der Waals surface area contributed by atoms with E-state index in [9.17, 15) is 14.7 Å². The first-order chi connectivity index (χ1) is 6.59. The van der Waals surface area contributed by atoms with Crippen LogP contribution in [0, 0.1) is 17.3 Å². The second kappa shape index (κ2) is 3.16. The van der Waals surface area contributed by atoms with Gasteiger partial charge in [-0.1, -0.05) is 6.92 Å². The topological polar surface area (TPSA) is 54.4 Å². The van der Waals surface area contributed by atoms with Gasteiger partial charge in [-0.25, -0.2) is 0 Å². The number of rotatable bonds is 1. The number of ketones is 2. The average Bonchev–Trinajstić information content (AvgIpc) is 2.45. The summed E-state index contributed by atoms with van der Waals surface area (Å²) in [5, 5.41) is 9.18. The van der Waals surface area contributed by atoms with Crippen molar-refractivity contribution in [2.24, 2.45) is 17.3 Å². The summed E-state index contributed by atoms with van der Waals surface area (Å²) in [6.45, 7) is 1.87. The van der Waals surface area contributed by atoms with Gasteiger partial charge in [0.05, 0.1) is 6.61 Å². The fraction of sp³-hybridized carbons (Fsp3) is 0.818. The first-order valence-corrected chi connectivity index (χ1v) is 5.26. The Morgan fingerprint density at radius 2 is 2.14 bits per heavy atom. The molecule has 2 fully saturated rings. The van der Waals surface area contributed by atoms with E-state index in [1.807, 2.05) is 6.92 Å². The van der Waals surface area contributed by atoms with Gasteiger partial charge in [0.25, 0.3) is 0 Å². The van der Waals surface area contributed by atoms with Crippen molar-refractivity contribution < 1.29 is 14.7 Å². The van der Waals surface area contributed by atoms with Crippen molar-refractivity contribution in [1.29, 1.82) is 0 Å². The molecule has 2 aliphatic carbocycles. The minimum Gasteiger partial charge on any atom is -0.396 e. The summed E-state index contributed by atoms with van der Waals surface area (Å²) in [7, 11) is 0. The van der Waals surface area contributed by atoms with Crippen LogP contribution in [0.2, 0.25) is 0 Å². The molecule has 0 aromatic rings. The van der Waals surface area contributed by atoms with Crippen LogP contribution in [0.3, 0.4) is 0 Å². The van der Waals surface area contributed by atoms with Crippen molar-refractivity contribution in [3.8, 4) is 0 Å². The summed E-state index contributed by atoms with van der Waals surface area (Å²) < 4.78 is 0.